The van der Waals surface area contributed by atoms with E-state index in [1.807, 2.05) is 25.1 Å². The van der Waals surface area contributed by atoms with Crippen molar-refractivity contribution in [3.05, 3.63) is 33.8 Å². The quantitative estimate of drug-likeness (QED) is 0.542. The monoisotopic (exact) mass is 353 g/mol. The second-order valence-corrected chi connectivity index (χ2v) is 6.46. The fraction of sp³-hybridized carbons (Fsp3) is 0.611. The average molecular weight is 354 g/mol. The Kier molecular flexibility index (Phi) is 9.40. The molecule has 1 amide bonds. The maximum Gasteiger partial charge on any atom is 0.252 e. The largest absolute Gasteiger partial charge is 0.352 e. The van der Waals surface area contributed by atoms with Gasteiger partial charge in [0.05, 0.1) is 5.56 Å². The van der Waals surface area contributed by atoms with E-state index in [2.05, 4.69) is 28.2 Å². The zero-order valence-electron chi connectivity index (χ0n) is 13.4. The number of rotatable bonds is 10. The van der Waals surface area contributed by atoms with Gasteiger partial charge in [-0.05, 0) is 40.9 Å². The molecule has 1 aromatic rings. The van der Waals surface area contributed by atoms with Crippen molar-refractivity contribution in [2.45, 2.75) is 65.2 Å². The standard InChI is InChI=1S/C18H28BrNO/c1-3-4-5-6-7-8-9-10-14-20-18(21)16-13-11-12-15(2)17(16)19/h11-13H,3-10,14H2,1-2H3,(H,20,21). The van der Waals surface area contributed by atoms with Crippen molar-refractivity contribution in [3.8, 4) is 0 Å². The molecule has 0 saturated carbocycles. The van der Waals surface area contributed by atoms with E-state index in [4.69, 9.17) is 0 Å². The predicted molar refractivity (Wildman–Crippen MR) is 93.8 cm³/mol. The van der Waals surface area contributed by atoms with Gasteiger partial charge in [-0.25, -0.2) is 0 Å². The number of halogens is 1. The fourth-order valence-electron chi connectivity index (χ4n) is 2.38. The van der Waals surface area contributed by atoms with E-state index >= 15 is 0 Å². The lowest BCUT2D eigenvalue weighted by Crippen LogP contribution is -2.24. The lowest BCUT2D eigenvalue weighted by molar-refractivity contribution is 0.0952. The highest BCUT2D eigenvalue weighted by Crippen LogP contribution is 2.20. The van der Waals surface area contributed by atoms with Gasteiger partial charge in [0.2, 0.25) is 0 Å². The molecule has 0 fully saturated rings. The summed E-state index contributed by atoms with van der Waals surface area (Å²) in [6.45, 7) is 5.02. The molecule has 0 aromatic heterocycles. The maximum absolute atomic E-state index is 12.1. The predicted octanol–water partition coefficient (Wildman–Crippen LogP) is 5.63. The Labute approximate surface area is 137 Å². The van der Waals surface area contributed by atoms with Crippen LogP contribution in [0.4, 0.5) is 0 Å². The first-order valence-corrected chi connectivity index (χ1v) is 8.99. The van der Waals surface area contributed by atoms with E-state index in [9.17, 15) is 4.79 Å². The van der Waals surface area contributed by atoms with Gasteiger partial charge in [0.15, 0.2) is 0 Å². The van der Waals surface area contributed by atoms with Gasteiger partial charge in [0.25, 0.3) is 5.91 Å². The first-order chi connectivity index (χ1) is 10.2. The molecular weight excluding hydrogens is 326 g/mol. The van der Waals surface area contributed by atoms with E-state index in [1.54, 1.807) is 0 Å². The molecule has 0 aliphatic heterocycles. The lowest BCUT2D eigenvalue weighted by Gasteiger charge is -2.08. The summed E-state index contributed by atoms with van der Waals surface area (Å²) in [6, 6.07) is 5.78. The van der Waals surface area contributed by atoms with Gasteiger partial charge in [-0.3, -0.25) is 4.79 Å². The molecule has 0 radical (unpaired) electrons. The molecule has 3 heteroatoms. The minimum Gasteiger partial charge on any atom is -0.352 e. The van der Waals surface area contributed by atoms with Crippen LogP contribution >= 0.6 is 15.9 Å². The molecule has 21 heavy (non-hydrogen) atoms. The van der Waals surface area contributed by atoms with Crippen LogP contribution in [0.1, 0.15) is 74.2 Å². The summed E-state index contributed by atoms with van der Waals surface area (Å²) < 4.78 is 0.901. The summed E-state index contributed by atoms with van der Waals surface area (Å²) in [4.78, 5) is 12.1. The van der Waals surface area contributed by atoms with Crippen LogP contribution in [-0.4, -0.2) is 12.5 Å². The Balaban J connectivity index is 2.13. The maximum atomic E-state index is 12.1. The Bertz CT molecular complexity index is 431. The van der Waals surface area contributed by atoms with Crippen LogP contribution in [0.5, 0.6) is 0 Å². The summed E-state index contributed by atoms with van der Waals surface area (Å²) >= 11 is 3.48. The van der Waals surface area contributed by atoms with Crippen molar-refractivity contribution < 1.29 is 4.79 Å². The Morgan fingerprint density at radius 2 is 1.67 bits per heavy atom. The highest BCUT2D eigenvalue weighted by Gasteiger charge is 2.10. The van der Waals surface area contributed by atoms with Crippen LogP contribution in [0.25, 0.3) is 0 Å². The van der Waals surface area contributed by atoms with Gasteiger partial charge in [-0.15, -0.1) is 0 Å². The smallest absolute Gasteiger partial charge is 0.252 e. The van der Waals surface area contributed by atoms with Gasteiger partial charge < -0.3 is 5.32 Å². The zero-order valence-corrected chi connectivity index (χ0v) is 15.0. The number of benzene rings is 1. The second-order valence-electron chi connectivity index (χ2n) is 5.67. The number of unbranched alkanes of at least 4 members (excludes halogenated alkanes) is 7. The molecule has 0 aliphatic rings. The molecular formula is C18H28BrNO. The zero-order chi connectivity index (χ0) is 15.5. The lowest BCUT2D eigenvalue weighted by atomic mass is 10.1. The molecule has 0 spiro atoms. The third-order valence-electron chi connectivity index (χ3n) is 3.75. The summed E-state index contributed by atoms with van der Waals surface area (Å²) in [6.07, 6.45) is 10.3. The van der Waals surface area contributed by atoms with Gasteiger partial charge in [0.1, 0.15) is 0 Å². The highest BCUT2D eigenvalue weighted by molar-refractivity contribution is 9.10. The van der Waals surface area contributed by atoms with E-state index in [0.29, 0.717) is 0 Å². The van der Waals surface area contributed by atoms with Crippen LogP contribution in [0.2, 0.25) is 0 Å². The Morgan fingerprint density at radius 1 is 1.05 bits per heavy atom. The van der Waals surface area contributed by atoms with E-state index in [0.717, 1.165) is 28.6 Å². The molecule has 2 nitrogen and oxygen atoms in total. The Morgan fingerprint density at radius 3 is 2.33 bits per heavy atom. The molecule has 0 atom stereocenters. The summed E-state index contributed by atoms with van der Waals surface area (Å²) in [5, 5.41) is 3.01. The van der Waals surface area contributed by atoms with Crippen molar-refractivity contribution in [1.29, 1.82) is 0 Å². The minimum absolute atomic E-state index is 0.0218. The van der Waals surface area contributed by atoms with Gasteiger partial charge >= 0.3 is 0 Å². The summed E-state index contributed by atoms with van der Waals surface area (Å²) in [5.74, 6) is 0.0218. The topological polar surface area (TPSA) is 29.1 Å². The number of hydrogen-bond donors (Lipinski definition) is 1. The van der Waals surface area contributed by atoms with E-state index in [-0.39, 0.29) is 5.91 Å². The molecule has 118 valence electrons. The fourth-order valence-corrected chi connectivity index (χ4v) is 2.82. The van der Waals surface area contributed by atoms with Crippen LogP contribution in [0.15, 0.2) is 22.7 Å². The number of hydrogen-bond acceptors (Lipinski definition) is 1. The van der Waals surface area contributed by atoms with Crippen molar-refractivity contribution in [2.24, 2.45) is 0 Å². The highest BCUT2D eigenvalue weighted by atomic mass is 79.9. The number of carbonyl (C=O) groups excluding carboxylic acids is 1. The molecule has 0 aliphatic carbocycles. The second kappa shape index (κ2) is 10.8. The third-order valence-corrected chi connectivity index (χ3v) is 4.80. The van der Waals surface area contributed by atoms with Crippen LogP contribution < -0.4 is 5.32 Å². The number of amides is 1. The Hall–Kier alpha value is -0.830. The number of carbonyl (C=O) groups is 1. The van der Waals surface area contributed by atoms with Crippen molar-refractivity contribution in [3.63, 3.8) is 0 Å². The number of nitrogens with one attached hydrogen (secondary N) is 1. The van der Waals surface area contributed by atoms with Crippen LogP contribution in [0, 0.1) is 6.92 Å². The van der Waals surface area contributed by atoms with Crippen LogP contribution in [0.3, 0.4) is 0 Å². The minimum atomic E-state index is 0.0218. The molecule has 0 heterocycles. The van der Waals surface area contributed by atoms with Gasteiger partial charge in [0, 0.05) is 11.0 Å². The molecule has 0 saturated heterocycles. The van der Waals surface area contributed by atoms with E-state index in [1.165, 1.54) is 44.9 Å². The van der Waals surface area contributed by atoms with Crippen molar-refractivity contribution in [1.82, 2.24) is 5.32 Å². The molecule has 1 aromatic carbocycles. The van der Waals surface area contributed by atoms with Gasteiger partial charge in [-0.2, -0.15) is 0 Å². The average Bonchev–Trinajstić information content (AvgIpc) is 2.48. The normalized spacial score (nSPS) is 10.6. The van der Waals surface area contributed by atoms with E-state index < -0.39 is 0 Å². The SMILES string of the molecule is CCCCCCCCCCNC(=O)c1cccc(C)c1Br. The summed E-state index contributed by atoms with van der Waals surface area (Å²) in [5.41, 5.74) is 1.82. The molecule has 0 bridgehead atoms. The third kappa shape index (κ3) is 7.12. The van der Waals surface area contributed by atoms with Crippen LogP contribution in [-0.2, 0) is 0 Å². The summed E-state index contributed by atoms with van der Waals surface area (Å²) in [7, 11) is 0. The number of aryl methyl sites for hydroxylation is 1. The molecule has 0 unspecified atom stereocenters. The van der Waals surface area contributed by atoms with Gasteiger partial charge in [-0.1, -0.05) is 64.0 Å². The van der Waals surface area contributed by atoms with Crippen molar-refractivity contribution >= 4 is 21.8 Å². The van der Waals surface area contributed by atoms with Crippen molar-refractivity contribution in [2.75, 3.05) is 6.54 Å². The first-order valence-electron chi connectivity index (χ1n) is 8.20. The molecule has 1 rings (SSSR count). The molecule has 1 N–H and O–H groups in total. The first kappa shape index (κ1) is 18.2.